The van der Waals surface area contributed by atoms with Crippen molar-refractivity contribution < 1.29 is 9.90 Å². The molecule has 1 rings (SSSR count). The van der Waals surface area contributed by atoms with E-state index in [0.717, 1.165) is 26.2 Å². The first-order chi connectivity index (χ1) is 8.74. The van der Waals surface area contributed by atoms with Gasteiger partial charge in [-0.2, -0.15) is 0 Å². The molecule has 0 bridgehead atoms. The van der Waals surface area contributed by atoms with Crippen LogP contribution in [0, 0.1) is 5.92 Å². The van der Waals surface area contributed by atoms with Gasteiger partial charge in [0.1, 0.15) is 0 Å². The van der Waals surface area contributed by atoms with Crippen molar-refractivity contribution in [3.8, 4) is 0 Å². The number of nitrogens with one attached hydrogen (secondary N) is 1. The van der Waals surface area contributed by atoms with E-state index in [2.05, 4.69) is 15.2 Å². The first kappa shape index (κ1) is 16.4. The van der Waals surface area contributed by atoms with E-state index < -0.39 is 5.60 Å². The SMILES string of the molecule is CC(C)C(C(=O)NN)N1CCN(CC(C)(C)O)CC1. The Morgan fingerprint density at radius 1 is 1.32 bits per heavy atom. The van der Waals surface area contributed by atoms with Gasteiger partial charge in [-0.05, 0) is 19.8 Å². The standard InChI is InChI=1S/C13H28N4O2/c1-10(2)11(12(18)15-14)17-7-5-16(6-8-17)9-13(3,4)19/h10-11,19H,5-9,14H2,1-4H3,(H,15,18). The van der Waals surface area contributed by atoms with Gasteiger partial charge in [0.2, 0.25) is 0 Å². The Kier molecular flexibility index (Phi) is 5.73. The van der Waals surface area contributed by atoms with Crippen molar-refractivity contribution in [2.24, 2.45) is 11.8 Å². The van der Waals surface area contributed by atoms with Gasteiger partial charge >= 0.3 is 0 Å². The normalized spacial score (nSPS) is 20.6. The molecule has 4 N–H and O–H groups in total. The van der Waals surface area contributed by atoms with Gasteiger partial charge in [-0.1, -0.05) is 13.8 Å². The summed E-state index contributed by atoms with van der Waals surface area (Å²) in [4.78, 5) is 16.2. The van der Waals surface area contributed by atoms with Gasteiger partial charge in [-0.3, -0.25) is 20.0 Å². The second-order valence-electron chi connectivity index (χ2n) is 6.32. The van der Waals surface area contributed by atoms with Crippen LogP contribution >= 0.6 is 0 Å². The molecular formula is C13H28N4O2. The minimum Gasteiger partial charge on any atom is -0.389 e. The minimum absolute atomic E-state index is 0.120. The monoisotopic (exact) mass is 272 g/mol. The van der Waals surface area contributed by atoms with Crippen molar-refractivity contribution >= 4 is 5.91 Å². The first-order valence-electron chi connectivity index (χ1n) is 6.94. The molecule has 0 aliphatic carbocycles. The molecule has 0 spiro atoms. The van der Waals surface area contributed by atoms with E-state index in [9.17, 15) is 9.90 Å². The van der Waals surface area contributed by atoms with E-state index in [1.807, 2.05) is 27.7 Å². The topological polar surface area (TPSA) is 81.8 Å². The third-order valence-corrected chi connectivity index (χ3v) is 3.45. The summed E-state index contributed by atoms with van der Waals surface area (Å²) < 4.78 is 0. The van der Waals surface area contributed by atoms with Crippen molar-refractivity contribution in [1.29, 1.82) is 0 Å². The first-order valence-corrected chi connectivity index (χ1v) is 6.94. The number of hydrazine groups is 1. The van der Waals surface area contributed by atoms with Crippen LogP contribution in [-0.4, -0.2) is 65.2 Å². The van der Waals surface area contributed by atoms with Crippen LogP contribution in [0.1, 0.15) is 27.7 Å². The molecule has 0 radical (unpaired) electrons. The number of β-amino-alcohol motifs (C(OH)–C–C–N with tert-alkyl or cyclic N) is 1. The lowest BCUT2D eigenvalue weighted by Crippen LogP contribution is -2.58. The summed E-state index contributed by atoms with van der Waals surface area (Å²) in [5, 5.41) is 9.82. The number of rotatable bonds is 5. The molecule has 1 aliphatic heterocycles. The Morgan fingerprint density at radius 3 is 2.21 bits per heavy atom. The van der Waals surface area contributed by atoms with E-state index in [1.165, 1.54) is 0 Å². The summed E-state index contributed by atoms with van der Waals surface area (Å²) >= 11 is 0. The zero-order valence-electron chi connectivity index (χ0n) is 12.5. The van der Waals surface area contributed by atoms with Crippen molar-refractivity contribution in [3.05, 3.63) is 0 Å². The smallest absolute Gasteiger partial charge is 0.251 e. The van der Waals surface area contributed by atoms with Gasteiger partial charge in [-0.25, -0.2) is 5.84 Å². The lowest BCUT2D eigenvalue weighted by atomic mass is 10.0. The Balaban J connectivity index is 2.54. The highest BCUT2D eigenvalue weighted by Crippen LogP contribution is 2.15. The van der Waals surface area contributed by atoms with Gasteiger partial charge < -0.3 is 5.11 Å². The van der Waals surface area contributed by atoms with Crippen LogP contribution in [0.15, 0.2) is 0 Å². The summed E-state index contributed by atoms with van der Waals surface area (Å²) in [5.74, 6) is 5.37. The Hall–Kier alpha value is -0.690. The van der Waals surface area contributed by atoms with E-state index in [4.69, 9.17) is 5.84 Å². The summed E-state index contributed by atoms with van der Waals surface area (Å²) in [6.45, 7) is 11.7. The van der Waals surface area contributed by atoms with Crippen LogP contribution < -0.4 is 11.3 Å². The maximum absolute atomic E-state index is 11.8. The quantitative estimate of drug-likeness (QED) is 0.353. The second kappa shape index (κ2) is 6.65. The van der Waals surface area contributed by atoms with E-state index in [0.29, 0.717) is 6.54 Å². The molecule has 1 fully saturated rings. The number of carbonyl (C=O) groups excluding carboxylic acids is 1. The maximum atomic E-state index is 11.8. The molecule has 112 valence electrons. The van der Waals surface area contributed by atoms with Crippen LogP contribution in [0.25, 0.3) is 0 Å². The molecule has 1 atom stereocenters. The molecule has 0 aromatic carbocycles. The Labute approximate surface area is 115 Å². The molecule has 1 amide bonds. The maximum Gasteiger partial charge on any atom is 0.251 e. The lowest BCUT2D eigenvalue weighted by Gasteiger charge is -2.41. The molecule has 0 aromatic rings. The van der Waals surface area contributed by atoms with Crippen molar-refractivity contribution in [2.45, 2.75) is 39.3 Å². The van der Waals surface area contributed by atoms with E-state index >= 15 is 0 Å². The predicted molar refractivity (Wildman–Crippen MR) is 75.3 cm³/mol. The van der Waals surface area contributed by atoms with E-state index in [-0.39, 0.29) is 17.9 Å². The molecule has 6 nitrogen and oxygen atoms in total. The van der Waals surface area contributed by atoms with Gasteiger partial charge in [0.05, 0.1) is 11.6 Å². The van der Waals surface area contributed by atoms with Gasteiger partial charge in [0.15, 0.2) is 0 Å². The zero-order valence-corrected chi connectivity index (χ0v) is 12.5. The van der Waals surface area contributed by atoms with Crippen LogP contribution in [0.3, 0.4) is 0 Å². The number of hydrogen-bond acceptors (Lipinski definition) is 5. The highest BCUT2D eigenvalue weighted by atomic mass is 16.3. The Bertz CT molecular complexity index is 294. The summed E-state index contributed by atoms with van der Waals surface area (Å²) in [7, 11) is 0. The molecule has 6 heteroatoms. The molecular weight excluding hydrogens is 244 g/mol. The molecule has 1 heterocycles. The van der Waals surface area contributed by atoms with Crippen LogP contribution in [-0.2, 0) is 4.79 Å². The molecule has 1 saturated heterocycles. The van der Waals surface area contributed by atoms with Crippen LogP contribution in [0.2, 0.25) is 0 Å². The highest BCUT2D eigenvalue weighted by Gasteiger charge is 2.31. The third-order valence-electron chi connectivity index (χ3n) is 3.45. The molecule has 1 aliphatic rings. The molecule has 1 unspecified atom stereocenters. The fourth-order valence-corrected chi connectivity index (χ4v) is 2.72. The lowest BCUT2D eigenvalue weighted by molar-refractivity contribution is -0.129. The van der Waals surface area contributed by atoms with Crippen LogP contribution in [0.5, 0.6) is 0 Å². The van der Waals surface area contributed by atoms with Gasteiger partial charge in [-0.15, -0.1) is 0 Å². The van der Waals surface area contributed by atoms with E-state index in [1.54, 1.807) is 0 Å². The zero-order chi connectivity index (χ0) is 14.6. The summed E-state index contributed by atoms with van der Waals surface area (Å²) in [6, 6.07) is -0.172. The number of nitrogens with zero attached hydrogens (tertiary/aromatic N) is 2. The van der Waals surface area contributed by atoms with Gasteiger partial charge in [0.25, 0.3) is 5.91 Å². The number of carbonyl (C=O) groups is 1. The number of piperazine rings is 1. The summed E-state index contributed by atoms with van der Waals surface area (Å²) in [5.41, 5.74) is 1.59. The fraction of sp³-hybridized carbons (Fsp3) is 0.923. The average Bonchev–Trinajstić information content (AvgIpc) is 2.29. The fourth-order valence-electron chi connectivity index (χ4n) is 2.72. The van der Waals surface area contributed by atoms with Crippen LogP contribution in [0.4, 0.5) is 0 Å². The van der Waals surface area contributed by atoms with Crippen molar-refractivity contribution in [1.82, 2.24) is 15.2 Å². The number of hydrogen-bond donors (Lipinski definition) is 3. The van der Waals surface area contributed by atoms with Crippen molar-refractivity contribution in [3.63, 3.8) is 0 Å². The number of nitrogens with two attached hydrogens (primary N) is 1. The average molecular weight is 272 g/mol. The minimum atomic E-state index is -0.672. The number of amides is 1. The third kappa shape index (κ3) is 5.06. The largest absolute Gasteiger partial charge is 0.389 e. The molecule has 0 saturated carbocycles. The van der Waals surface area contributed by atoms with Crippen molar-refractivity contribution in [2.75, 3.05) is 32.7 Å². The molecule has 0 aromatic heterocycles. The van der Waals surface area contributed by atoms with Gasteiger partial charge in [0, 0.05) is 32.7 Å². The Morgan fingerprint density at radius 2 is 1.84 bits per heavy atom. The predicted octanol–water partition coefficient (Wildman–Crippen LogP) is -0.611. The summed E-state index contributed by atoms with van der Waals surface area (Å²) in [6.07, 6.45) is 0. The number of aliphatic hydroxyl groups is 1. The molecule has 19 heavy (non-hydrogen) atoms. The highest BCUT2D eigenvalue weighted by molar-refractivity contribution is 5.81. The second-order valence-corrected chi connectivity index (χ2v) is 6.32.